The Labute approximate surface area is 97.2 Å². The highest BCUT2D eigenvalue weighted by molar-refractivity contribution is 4.97. The summed E-state index contributed by atoms with van der Waals surface area (Å²) in [6.45, 7) is 3.68. The topological polar surface area (TPSA) is 56.7 Å². The van der Waals surface area contributed by atoms with E-state index in [9.17, 15) is 0 Å². The summed E-state index contributed by atoms with van der Waals surface area (Å²) >= 11 is 0. The molecule has 1 saturated carbocycles. The van der Waals surface area contributed by atoms with Crippen LogP contribution >= 0.6 is 0 Å². The van der Waals surface area contributed by atoms with E-state index in [1.54, 1.807) is 0 Å². The number of nitrogens with two attached hydrogens (primary N) is 1. The quantitative estimate of drug-likeness (QED) is 0.827. The second kappa shape index (κ2) is 5.43. The number of aromatic nitrogens is 3. The van der Waals surface area contributed by atoms with Crippen molar-refractivity contribution >= 4 is 0 Å². The van der Waals surface area contributed by atoms with E-state index in [0.29, 0.717) is 6.54 Å². The number of hydrogen-bond donors (Lipinski definition) is 1. The summed E-state index contributed by atoms with van der Waals surface area (Å²) in [4.78, 5) is 0. The molecule has 0 aliphatic heterocycles. The summed E-state index contributed by atoms with van der Waals surface area (Å²) in [6, 6.07) is 0. The van der Waals surface area contributed by atoms with Crippen molar-refractivity contribution < 1.29 is 0 Å². The first kappa shape index (κ1) is 11.6. The lowest BCUT2D eigenvalue weighted by molar-refractivity contribution is 0.502. The van der Waals surface area contributed by atoms with E-state index in [0.717, 1.165) is 37.0 Å². The Balaban J connectivity index is 2.09. The predicted octanol–water partition coefficient (Wildman–Crippen LogP) is 1.88. The van der Waals surface area contributed by atoms with Crippen molar-refractivity contribution in [1.29, 1.82) is 0 Å². The molecule has 16 heavy (non-hydrogen) atoms. The summed E-state index contributed by atoms with van der Waals surface area (Å²) in [7, 11) is 0. The van der Waals surface area contributed by atoms with Gasteiger partial charge in [0.2, 0.25) is 0 Å². The molecule has 0 amide bonds. The predicted molar refractivity (Wildman–Crippen MR) is 63.9 cm³/mol. The van der Waals surface area contributed by atoms with E-state index in [2.05, 4.69) is 21.7 Å². The number of rotatable bonds is 5. The smallest absolute Gasteiger partial charge is 0.146 e. The zero-order valence-corrected chi connectivity index (χ0v) is 10.2. The van der Waals surface area contributed by atoms with Crippen LogP contribution in [0.4, 0.5) is 0 Å². The molecule has 1 fully saturated rings. The lowest BCUT2D eigenvalue weighted by Gasteiger charge is -2.11. The van der Waals surface area contributed by atoms with Crippen LogP contribution in [0.1, 0.15) is 50.7 Å². The van der Waals surface area contributed by atoms with Gasteiger partial charge in [-0.3, -0.25) is 0 Å². The average Bonchev–Trinajstić information content (AvgIpc) is 2.91. The minimum absolute atomic E-state index is 0.498. The minimum Gasteiger partial charge on any atom is -0.324 e. The highest BCUT2D eigenvalue weighted by atomic mass is 15.3. The Morgan fingerprint density at radius 3 is 2.56 bits per heavy atom. The van der Waals surface area contributed by atoms with Gasteiger partial charge >= 0.3 is 0 Å². The summed E-state index contributed by atoms with van der Waals surface area (Å²) in [6.07, 6.45) is 7.69. The maximum atomic E-state index is 5.68. The SMILES string of the molecule is CCCn1c(CN)nnc1CC1CCCC1. The summed E-state index contributed by atoms with van der Waals surface area (Å²) in [5.74, 6) is 2.91. The van der Waals surface area contributed by atoms with Crippen LogP contribution < -0.4 is 5.73 Å². The van der Waals surface area contributed by atoms with Crippen molar-refractivity contribution in [3.8, 4) is 0 Å². The fourth-order valence-corrected chi connectivity index (χ4v) is 2.63. The highest BCUT2D eigenvalue weighted by Gasteiger charge is 2.19. The molecular formula is C12H22N4. The molecule has 1 aromatic heterocycles. The monoisotopic (exact) mass is 222 g/mol. The van der Waals surface area contributed by atoms with Crippen LogP contribution in [0, 0.1) is 5.92 Å². The molecule has 2 N–H and O–H groups in total. The Kier molecular flexibility index (Phi) is 3.93. The van der Waals surface area contributed by atoms with Gasteiger partial charge in [-0.15, -0.1) is 10.2 Å². The van der Waals surface area contributed by atoms with Crippen LogP contribution in [0.3, 0.4) is 0 Å². The molecule has 0 spiro atoms. The Hall–Kier alpha value is -0.900. The van der Waals surface area contributed by atoms with Crippen LogP contribution in [0.2, 0.25) is 0 Å². The second-order valence-electron chi connectivity index (χ2n) is 4.74. The molecule has 90 valence electrons. The Morgan fingerprint density at radius 1 is 1.25 bits per heavy atom. The van der Waals surface area contributed by atoms with Gasteiger partial charge in [-0.25, -0.2) is 0 Å². The van der Waals surface area contributed by atoms with E-state index in [-0.39, 0.29) is 0 Å². The van der Waals surface area contributed by atoms with Gasteiger partial charge in [0.25, 0.3) is 0 Å². The second-order valence-corrected chi connectivity index (χ2v) is 4.74. The molecule has 0 bridgehead atoms. The third-order valence-electron chi connectivity index (χ3n) is 3.48. The third-order valence-corrected chi connectivity index (χ3v) is 3.48. The molecule has 4 nitrogen and oxygen atoms in total. The molecule has 1 aliphatic carbocycles. The zero-order valence-electron chi connectivity index (χ0n) is 10.2. The lowest BCUT2D eigenvalue weighted by atomic mass is 10.0. The van der Waals surface area contributed by atoms with Crippen molar-refractivity contribution in [3.05, 3.63) is 11.6 Å². The molecular weight excluding hydrogens is 200 g/mol. The van der Waals surface area contributed by atoms with E-state index < -0.39 is 0 Å². The van der Waals surface area contributed by atoms with E-state index in [1.807, 2.05) is 0 Å². The summed E-state index contributed by atoms with van der Waals surface area (Å²) in [5.41, 5.74) is 5.68. The van der Waals surface area contributed by atoms with Gasteiger partial charge in [-0.05, 0) is 12.3 Å². The van der Waals surface area contributed by atoms with E-state index >= 15 is 0 Å². The fourth-order valence-electron chi connectivity index (χ4n) is 2.63. The first-order valence-corrected chi connectivity index (χ1v) is 6.46. The average molecular weight is 222 g/mol. The van der Waals surface area contributed by atoms with Gasteiger partial charge in [0.1, 0.15) is 11.6 Å². The van der Waals surface area contributed by atoms with E-state index in [4.69, 9.17) is 5.73 Å². The molecule has 2 rings (SSSR count). The maximum Gasteiger partial charge on any atom is 0.146 e. The molecule has 0 saturated heterocycles. The zero-order chi connectivity index (χ0) is 11.4. The van der Waals surface area contributed by atoms with Gasteiger partial charge in [0.15, 0.2) is 0 Å². The summed E-state index contributed by atoms with van der Waals surface area (Å²) in [5, 5.41) is 8.49. The molecule has 1 heterocycles. The molecule has 0 aromatic carbocycles. The van der Waals surface area contributed by atoms with Gasteiger partial charge < -0.3 is 10.3 Å². The minimum atomic E-state index is 0.498. The van der Waals surface area contributed by atoms with Gasteiger partial charge in [-0.2, -0.15) is 0 Å². The lowest BCUT2D eigenvalue weighted by Crippen LogP contribution is -2.13. The van der Waals surface area contributed by atoms with Crippen molar-refractivity contribution in [2.24, 2.45) is 11.7 Å². The molecule has 0 atom stereocenters. The standard InChI is InChI=1S/C12H22N4/c1-2-7-16-11(14-15-12(16)9-13)8-10-5-3-4-6-10/h10H,2-9,13H2,1H3. The first-order chi connectivity index (χ1) is 7.85. The fraction of sp³-hybridized carbons (Fsp3) is 0.833. The molecule has 0 radical (unpaired) electrons. The highest BCUT2D eigenvalue weighted by Crippen LogP contribution is 2.27. The van der Waals surface area contributed by atoms with Gasteiger partial charge in [0.05, 0.1) is 6.54 Å². The van der Waals surface area contributed by atoms with Gasteiger partial charge in [0, 0.05) is 13.0 Å². The van der Waals surface area contributed by atoms with Gasteiger partial charge in [-0.1, -0.05) is 32.6 Å². The molecule has 0 unspecified atom stereocenters. The van der Waals surface area contributed by atoms with E-state index in [1.165, 1.54) is 25.7 Å². The molecule has 1 aromatic rings. The normalized spacial score (nSPS) is 17.1. The van der Waals surface area contributed by atoms with Crippen LogP contribution in [-0.4, -0.2) is 14.8 Å². The Bertz CT molecular complexity index is 326. The van der Waals surface area contributed by atoms with Crippen LogP contribution in [-0.2, 0) is 19.5 Å². The Morgan fingerprint density at radius 2 is 1.94 bits per heavy atom. The van der Waals surface area contributed by atoms with Crippen molar-refractivity contribution in [2.45, 2.75) is 58.5 Å². The molecule has 4 heteroatoms. The van der Waals surface area contributed by atoms with Crippen LogP contribution in [0.15, 0.2) is 0 Å². The first-order valence-electron chi connectivity index (χ1n) is 6.46. The summed E-state index contributed by atoms with van der Waals surface area (Å²) < 4.78 is 2.22. The van der Waals surface area contributed by atoms with Crippen LogP contribution in [0.5, 0.6) is 0 Å². The number of nitrogens with zero attached hydrogens (tertiary/aromatic N) is 3. The number of hydrogen-bond acceptors (Lipinski definition) is 3. The van der Waals surface area contributed by atoms with Crippen molar-refractivity contribution in [2.75, 3.05) is 0 Å². The van der Waals surface area contributed by atoms with Crippen molar-refractivity contribution in [3.63, 3.8) is 0 Å². The molecule has 1 aliphatic rings. The maximum absolute atomic E-state index is 5.68. The largest absolute Gasteiger partial charge is 0.324 e. The third kappa shape index (κ3) is 2.43. The van der Waals surface area contributed by atoms with Crippen molar-refractivity contribution in [1.82, 2.24) is 14.8 Å². The van der Waals surface area contributed by atoms with Crippen LogP contribution in [0.25, 0.3) is 0 Å².